The summed E-state index contributed by atoms with van der Waals surface area (Å²) in [4.78, 5) is 35.3. The molecule has 0 aromatic carbocycles. The number of hydrogen-bond acceptors (Lipinski definition) is 4. The Bertz CT molecular complexity index is 314. The molecule has 4 nitrogen and oxygen atoms in total. The molecule has 1 atom stereocenters. The highest BCUT2D eigenvalue weighted by Gasteiger charge is 2.39. The normalized spacial score (nSPS) is 21.0. The lowest BCUT2D eigenvalue weighted by atomic mass is 10.3. The van der Waals surface area contributed by atoms with Gasteiger partial charge in [-0.05, 0) is 18.6 Å². The third kappa shape index (κ3) is 3.33. The fourth-order valence-corrected chi connectivity index (χ4v) is 2.63. The molecule has 0 radical (unpaired) electrons. The molecule has 0 N–H and O–H groups in total. The molecule has 1 rings (SSSR count). The average molecular weight is 243 g/mol. The largest absolute Gasteiger partial charge is 0.298 e. The molecule has 0 aromatic heterocycles. The van der Waals surface area contributed by atoms with Crippen molar-refractivity contribution in [1.29, 1.82) is 0 Å². The lowest BCUT2D eigenvalue weighted by Crippen LogP contribution is -2.35. The van der Waals surface area contributed by atoms with Crippen LogP contribution in [-0.2, 0) is 14.4 Å². The van der Waals surface area contributed by atoms with Crippen LogP contribution in [-0.4, -0.2) is 40.0 Å². The number of carbonyl (C=O) groups excluding carboxylic acids is 3. The number of likely N-dealkylation sites (tertiary alicyclic amines) is 1. The van der Waals surface area contributed by atoms with E-state index in [0.717, 1.165) is 10.7 Å². The molecule has 0 bridgehead atoms. The Balaban J connectivity index is 2.56. The highest BCUT2D eigenvalue weighted by Crippen LogP contribution is 2.26. The van der Waals surface area contributed by atoms with E-state index in [2.05, 4.69) is 13.8 Å². The van der Waals surface area contributed by atoms with Gasteiger partial charge in [0.05, 0.1) is 11.8 Å². The van der Waals surface area contributed by atoms with Gasteiger partial charge in [0.25, 0.3) is 0 Å². The van der Waals surface area contributed by atoms with Crippen molar-refractivity contribution in [2.75, 3.05) is 12.3 Å². The lowest BCUT2D eigenvalue weighted by molar-refractivity contribution is -0.141. The van der Waals surface area contributed by atoms with Gasteiger partial charge in [0.2, 0.25) is 11.8 Å². The van der Waals surface area contributed by atoms with Crippen molar-refractivity contribution in [2.45, 2.75) is 32.4 Å². The summed E-state index contributed by atoms with van der Waals surface area (Å²) in [5.41, 5.74) is 0. The van der Waals surface area contributed by atoms with Crippen LogP contribution in [0.2, 0.25) is 0 Å². The van der Waals surface area contributed by atoms with Crippen molar-refractivity contribution in [3.63, 3.8) is 0 Å². The first-order chi connectivity index (χ1) is 7.41. The summed E-state index contributed by atoms with van der Waals surface area (Å²) in [5.74, 6) is 0.774. The van der Waals surface area contributed by atoms with Gasteiger partial charge in [-0.1, -0.05) is 13.8 Å². The minimum atomic E-state index is -0.283. The van der Waals surface area contributed by atoms with Gasteiger partial charge in [-0.15, -0.1) is 11.8 Å². The zero-order valence-corrected chi connectivity index (χ0v) is 10.7. The predicted octanol–water partition coefficient (Wildman–Crippen LogP) is 1.09. The van der Waals surface area contributed by atoms with Crippen LogP contribution in [0.25, 0.3) is 0 Å². The Labute approximate surface area is 99.8 Å². The first-order valence-corrected chi connectivity index (χ1v) is 6.42. The molecule has 0 saturated carbocycles. The quantitative estimate of drug-likeness (QED) is 0.678. The van der Waals surface area contributed by atoms with E-state index in [1.807, 2.05) is 0 Å². The molecule has 2 amide bonds. The number of carbonyl (C=O) groups is 3. The number of hydrogen-bond donors (Lipinski definition) is 0. The van der Waals surface area contributed by atoms with Crippen LogP contribution in [0, 0.1) is 5.92 Å². The van der Waals surface area contributed by atoms with E-state index >= 15 is 0 Å². The minimum Gasteiger partial charge on any atom is -0.298 e. The number of imide groups is 1. The lowest BCUT2D eigenvalue weighted by Gasteiger charge is -2.13. The molecule has 1 saturated heterocycles. The molecular formula is C11H17NO3S. The second-order valence-electron chi connectivity index (χ2n) is 4.44. The molecule has 1 aliphatic rings. The third-order valence-electron chi connectivity index (χ3n) is 2.21. The maximum absolute atomic E-state index is 11.8. The molecule has 16 heavy (non-hydrogen) atoms. The van der Waals surface area contributed by atoms with Crippen LogP contribution in [0.1, 0.15) is 27.2 Å². The highest BCUT2D eigenvalue weighted by molar-refractivity contribution is 8.00. The molecule has 0 aromatic rings. The number of rotatable bonds is 5. The molecule has 0 spiro atoms. The molecule has 1 aliphatic heterocycles. The number of thioether (sulfide) groups is 1. The van der Waals surface area contributed by atoms with Crippen LogP contribution >= 0.6 is 11.8 Å². The monoisotopic (exact) mass is 243 g/mol. The smallest absolute Gasteiger partial charge is 0.243 e. The number of amides is 2. The standard InChI is InChI=1S/C11H17NO3S/c1-7(2)6-16-9-4-10(14)12(11(9)15)5-8(3)13/h7,9H,4-6H2,1-3H3. The van der Waals surface area contributed by atoms with Crippen LogP contribution in [0.15, 0.2) is 0 Å². The second-order valence-corrected chi connectivity index (χ2v) is 5.68. The van der Waals surface area contributed by atoms with Crippen molar-refractivity contribution in [3.05, 3.63) is 0 Å². The maximum Gasteiger partial charge on any atom is 0.243 e. The first-order valence-electron chi connectivity index (χ1n) is 5.37. The van der Waals surface area contributed by atoms with E-state index in [4.69, 9.17) is 0 Å². The van der Waals surface area contributed by atoms with Crippen LogP contribution in [0.3, 0.4) is 0 Å². The van der Waals surface area contributed by atoms with E-state index in [9.17, 15) is 14.4 Å². The van der Waals surface area contributed by atoms with Crippen LogP contribution in [0.5, 0.6) is 0 Å². The van der Waals surface area contributed by atoms with Gasteiger partial charge in [0.1, 0.15) is 5.78 Å². The summed E-state index contributed by atoms with van der Waals surface area (Å²) >= 11 is 1.51. The van der Waals surface area contributed by atoms with Gasteiger partial charge >= 0.3 is 0 Å². The van der Waals surface area contributed by atoms with Gasteiger partial charge in [0.15, 0.2) is 0 Å². The van der Waals surface area contributed by atoms with Crippen molar-refractivity contribution >= 4 is 29.4 Å². The van der Waals surface area contributed by atoms with Gasteiger partial charge < -0.3 is 0 Å². The zero-order chi connectivity index (χ0) is 12.3. The summed E-state index contributed by atoms with van der Waals surface area (Å²) in [6.07, 6.45) is 0.240. The summed E-state index contributed by atoms with van der Waals surface area (Å²) in [7, 11) is 0. The summed E-state index contributed by atoms with van der Waals surface area (Å²) in [5, 5.41) is -0.283. The van der Waals surface area contributed by atoms with Crippen molar-refractivity contribution in [2.24, 2.45) is 5.92 Å². The first kappa shape index (κ1) is 13.2. The number of Topliss-reactive ketones (excluding diaryl/α,β-unsaturated/α-hetero) is 1. The Morgan fingerprint density at radius 3 is 2.62 bits per heavy atom. The summed E-state index contributed by atoms with van der Waals surface area (Å²) < 4.78 is 0. The van der Waals surface area contributed by atoms with E-state index in [1.165, 1.54) is 18.7 Å². The fraction of sp³-hybridized carbons (Fsp3) is 0.727. The molecular weight excluding hydrogens is 226 g/mol. The second kappa shape index (κ2) is 5.48. The molecule has 1 unspecified atom stereocenters. The molecule has 1 heterocycles. The van der Waals surface area contributed by atoms with Crippen molar-refractivity contribution in [3.8, 4) is 0 Å². The number of nitrogens with zero attached hydrogens (tertiary/aromatic N) is 1. The van der Waals surface area contributed by atoms with E-state index in [-0.39, 0.29) is 35.8 Å². The summed E-state index contributed by atoms with van der Waals surface area (Å²) in [6.45, 7) is 5.45. The van der Waals surface area contributed by atoms with Gasteiger partial charge in [-0.2, -0.15) is 0 Å². The third-order valence-corrected chi connectivity index (χ3v) is 3.84. The van der Waals surface area contributed by atoms with Crippen molar-refractivity contribution < 1.29 is 14.4 Å². The Hall–Kier alpha value is -0.840. The average Bonchev–Trinajstić information content (AvgIpc) is 2.42. The van der Waals surface area contributed by atoms with E-state index in [0.29, 0.717) is 5.92 Å². The highest BCUT2D eigenvalue weighted by atomic mass is 32.2. The van der Waals surface area contributed by atoms with Gasteiger partial charge in [-0.3, -0.25) is 19.3 Å². The van der Waals surface area contributed by atoms with Gasteiger partial charge in [-0.25, -0.2) is 0 Å². The summed E-state index contributed by atoms with van der Waals surface area (Å²) in [6, 6.07) is 0. The molecule has 5 heteroatoms. The topological polar surface area (TPSA) is 54.5 Å². The van der Waals surface area contributed by atoms with E-state index in [1.54, 1.807) is 0 Å². The minimum absolute atomic E-state index is 0.0730. The maximum atomic E-state index is 11.8. The van der Waals surface area contributed by atoms with Crippen LogP contribution < -0.4 is 0 Å². The molecule has 90 valence electrons. The fourth-order valence-electron chi connectivity index (χ4n) is 1.48. The van der Waals surface area contributed by atoms with Crippen LogP contribution in [0.4, 0.5) is 0 Å². The molecule has 0 aliphatic carbocycles. The SMILES string of the molecule is CC(=O)CN1C(=O)CC(SCC(C)C)C1=O. The number of ketones is 1. The van der Waals surface area contributed by atoms with E-state index < -0.39 is 0 Å². The molecule has 1 fully saturated rings. The van der Waals surface area contributed by atoms with Crippen molar-refractivity contribution in [1.82, 2.24) is 4.90 Å². The Kier molecular flexibility index (Phi) is 4.53. The van der Waals surface area contributed by atoms with Gasteiger partial charge in [0, 0.05) is 6.42 Å². The Morgan fingerprint density at radius 2 is 2.12 bits per heavy atom. The zero-order valence-electron chi connectivity index (χ0n) is 9.86. The Morgan fingerprint density at radius 1 is 1.50 bits per heavy atom. The predicted molar refractivity (Wildman–Crippen MR) is 63.1 cm³/mol.